The van der Waals surface area contributed by atoms with E-state index in [1.54, 1.807) is 0 Å². The summed E-state index contributed by atoms with van der Waals surface area (Å²) in [5.74, 6) is 0. The number of hydrogen-bond donors (Lipinski definition) is 1. The van der Waals surface area contributed by atoms with Gasteiger partial charge in [0.15, 0.2) is 0 Å². The van der Waals surface area contributed by atoms with Crippen LogP contribution in [0.1, 0.15) is 52.9 Å². The molecule has 1 aliphatic rings. The minimum Gasteiger partial charge on any atom is -0.314 e. The third-order valence-corrected chi connectivity index (χ3v) is 3.62. The molecule has 0 spiro atoms. The monoisotopic (exact) mass is 212 g/mol. The normalized spacial score (nSPS) is 25.4. The van der Waals surface area contributed by atoms with Gasteiger partial charge >= 0.3 is 0 Å². The second kappa shape index (κ2) is 7.24. The zero-order valence-electron chi connectivity index (χ0n) is 10.8. The van der Waals surface area contributed by atoms with Crippen molar-refractivity contribution in [3.05, 3.63) is 0 Å². The number of hydrogen-bond acceptors (Lipinski definition) is 2. The van der Waals surface area contributed by atoms with Crippen molar-refractivity contribution in [2.45, 2.75) is 65.0 Å². The Hall–Kier alpha value is -0.0800. The van der Waals surface area contributed by atoms with Gasteiger partial charge in [-0.05, 0) is 52.2 Å². The zero-order valence-corrected chi connectivity index (χ0v) is 10.8. The highest BCUT2D eigenvalue weighted by Crippen LogP contribution is 2.19. The number of nitrogens with one attached hydrogen (secondary N) is 1. The molecule has 1 N–H and O–H groups in total. The van der Waals surface area contributed by atoms with E-state index in [0.29, 0.717) is 6.04 Å². The Balaban J connectivity index is 2.22. The van der Waals surface area contributed by atoms with Gasteiger partial charge in [0, 0.05) is 12.1 Å². The van der Waals surface area contributed by atoms with Gasteiger partial charge in [0.05, 0.1) is 0 Å². The average Bonchev–Trinajstić information content (AvgIpc) is 2.27. The van der Waals surface area contributed by atoms with Crippen LogP contribution in [0.25, 0.3) is 0 Å². The van der Waals surface area contributed by atoms with E-state index in [4.69, 9.17) is 0 Å². The van der Waals surface area contributed by atoms with E-state index in [0.717, 1.165) is 12.6 Å². The van der Waals surface area contributed by atoms with Crippen molar-refractivity contribution < 1.29 is 0 Å². The lowest BCUT2D eigenvalue weighted by Crippen LogP contribution is -2.41. The summed E-state index contributed by atoms with van der Waals surface area (Å²) >= 11 is 0. The second-order valence-corrected chi connectivity index (χ2v) is 4.84. The van der Waals surface area contributed by atoms with E-state index in [2.05, 4.69) is 31.0 Å². The summed E-state index contributed by atoms with van der Waals surface area (Å²) in [6, 6.07) is 1.54. The highest BCUT2D eigenvalue weighted by molar-refractivity contribution is 4.76. The number of rotatable bonds is 6. The molecule has 2 atom stereocenters. The van der Waals surface area contributed by atoms with Crippen LogP contribution in [0.2, 0.25) is 0 Å². The van der Waals surface area contributed by atoms with Crippen molar-refractivity contribution in [2.75, 3.05) is 19.6 Å². The molecule has 0 bridgehead atoms. The van der Waals surface area contributed by atoms with Gasteiger partial charge in [-0.2, -0.15) is 0 Å². The van der Waals surface area contributed by atoms with E-state index in [1.807, 2.05) is 0 Å². The Labute approximate surface area is 95.4 Å². The van der Waals surface area contributed by atoms with Crippen molar-refractivity contribution >= 4 is 0 Å². The van der Waals surface area contributed by atoms with Gasteiger partial charge in [-0.3, -0.25) is 0 Å². The Bertz CT molecular complexity index is 159. The SMILES string of the molecule is CCNC(C)CCN1CCCCC1CC. The Morgan fingerprint density at radius 1 is 1.33 bits per heavy atom. The predicted octanol–water partition coefficient (Wildman–Crippen LogP) is 2.64. The molecule has 0 amide bonds. The van der Waals surface area contributed by atoms with Crippen LogP contribution in [0.15, 0.2) is 0 Å². The standard InChI is InChI=1S/C13H28N2/c1-4-13-8-6-7-10-15(13)11-9-12(3)14-5-2/h12-14H,4-11H2,1-3H3. The van der Waals surface area contributed by atoms with E-state index in [1.165, 1.54) is 45.2 Å². The maximum atomic E-state index is 3.49. The minimum atomic E-state index is 0.675. The molecule has 90 valence electrons. The van der Waals surface area contributed by atoms with Crippen LogP contribution in [0.5, 0.6) is 0 Å². The summed E-state index contributed by atoms with van der Waals surface area (Å²) in [5.41, 5.74) is 0. The first-order chi connectivity index (χ1) is 7.27. The molecule has 2 unspecified atom stereocenters. The molecule has 1 heterocycles. The van der Waals surface area contributed by atoms with E-state index < -0.39 is 0 Å². The molecule has 1 saturated heterocycles. The first-order valence-corrected chi connectivity index (χ1v) is 6.75. The highest BCUT2D eigenvalue weighted by Gasteiger charge is 2.20. The quantitative estimate of drug-likeness (QED) is 0.728. The summed E-state index contributed by atoms with van der Waals surface area (Å²) in [7, 11) is 0. The molecule has 0 saturated carbocycles. The van der Waals surface area contributed by atoms with Crippen molar-refractivity contribution in [1.82, 2.24) is 10.2 Å². The summed E-state index contributed by atoms with van der Waals surface area (Å²) in [4.78, 5) is 2.71. The lowest BCUT2D eigenvalue weighted by Gasteiger charge is -2.35. The first-order valence-electron chi connectivity index (χ1n) is 6.75. The molecule has 0 aromatic rings. The summed E-state index contributed by atoms with van der Waals surface area (Å²) < 4.78 is 0. The van der Waals surface area contributed by atoms with Crippen LogP contribution in [0.4, 0.5) is 0 Å². The molecule has 0 aliphatic carbocycles. The molecule has 1 aliphatic heterocycles. The van der Waals surface area contributed by atoms with Gasteiger partial charge in [-0.15, -0.1) is 0 Å². The van der Waals surface area contributed by atoms with E-state index in [-0.39, 0.29) is 0 Å². The fraction of sp³-hybridized carbons (Fsp3) is 1.00. The van der Waals surface area contributed by atoms with Crippen LogP contribution in [-0.4, -0.2) is 36.6 Å². The van der Waals surface area contributed by atoms with Crippen LogP contribution < -0.4 is 5.32 Å². The molecular weight excluding hydrogens is 184 g/mol. The minimum absolute atomic E-state index is 0.675. The van der Waals surface area contributed by atoms with Crippen molar-refractivity contribution in [1.29, 1.82) is 0 Å². The lowest BCUT2D eigenvalue weighted by molar-refractivity contribution is 0.138. The molecule has 0 aromatic heterocycles. The Morgan fingerprint density at radius 2 is 2.13 bits per heavy atom. The molecule has 2 nitrogen and oxygen atoms in total. The lowest BCUT2D eigenvalue weighted by atomic mass is 9.99. The summed E-state index contributed by atoms with van der Waals surface area (Å²) in [6.45, 7) is 10.5. The topological polar surface area (TPSA) is 15.3 Å². The third kappa shape index (κ3) is 4.52. The van der Waals surface area contributed by atoms with Crippen LogP contribution in [0, 0.1) is 0 Å². The first kappa shape index (κ1) is 13.0. The molecule has 1 fully saturated rings. The van der Waals surface area contributed by atoms with Crippen molar-refractivity contribution in [2.24, 2.45) is 0 Å². The van der Waals surface area contributed by atoms with Gasteiger partial charge in [0.25, 0.3) is 0 Å². The molecule has 2 heteroatoms. The second-order valence-electron chi connectivity index (χ2n) is 4.84. The van der Waals surface area contributed by atoms with Gasteiger partial charge < -0.3 is 10.2 Å². The van der Waals surface area contributed by atoms with Gasteiger partial charge in [-0.1, -0.05) is 20.3 Å². The van der Waals surface area contributed by atoms with Gasteiger partial charge in [-0.25, -0.2) is 0 Å². The summed E-state index contributed by atoms with van der Waals surface area (Å²) in [6.07, 6.45) is 6.90. The van der Waals surface area contributed by atoms with Gasteiger partial charge in [0.1, 0.15) is 0 Å². The smallest absolute Gasteiger partial charge is 0.00926 e. The molecule has 15 heavy (non-hydrogen) atoms. The average molecular weight is 212 g/mol. The zero-order chi connectivity index (χ0) is 11.1. The largest absolute Gasteiger partial charge is 0.314 e. The predicted molar refractivity (Wildman–Crippen MR) is 67.3 cm³/mol. The number of piperidine rings is 1. The fourth-order valence-electron chi connectivity index (χ4n) is 2.63. The third-order valence-electron chi connectivity index (χ3n) is 3.62. The molecule has 1 rings (SSSR count). The maximum Gasteiger partial charge on any atom is 0.00926 e. The van der Waals surface area contributed by atoms with Crippen LogP contribution in [-0.2, 0) is 0 Å². The number of nitrogens with zero attached hydrogens (tertiary/aromatic N) is 1. The molecule has 0 aromatic carbocycles. The van der Waals surface area contributed by atoms with Crippen molar-refractivity contribution in [3.8, 4) is 0 Å². The summed E-state index contributed by atoms with van der Waals surface area (Å²) in [5, 5.41) is 3.49. The molecule has 0 radical (unpaired) electrons. The Kier molecular flexibility index (Phi) is 6.26. The van der Waals surface area contributed by atoms with Crippen LogP contribution >= 0.6 is 0 Å². The van der Waals surface area contributed by atoms with E-state index >= 15 is 0 Å². The van der Waals surface area contributed by atoms with Gasteiger partial charge in [0.2, 0.25) is 0 Å². The van der Waals surface area contributed by atoms with Crippen LogP contribution in [0.3, 0.4) is 0 Å². The number of likely N-dealkylation sites (tertiary alicyclic amines) is 1. The van der Waals surface area contributed by atoms with Crippen molar-refractivity contribution in [3.63, 3.8) is 0 Å². The highest BCUT2D eigenvalue weighted by atomic mass is 15.2. The fourth-order valence-corrected chi connectivity index (χ4v) is 2.63. The Morgan fingerprint density at radius 3 is 2.80 bits per heavy atom. The maximum absolute atomic E-state index is 3.49. The van der Waals surface area contributed by atoms with E-state index in [9.17, 15) is 0 Å². The molecular formula is C13H28N2.